The van der Waals surface area contributed by atoms with Gasteiger partial charge in [0.05, 0.1) is 6.26 Å². The molecule has 11 heavy (non-hydrogen) atoms. The molecule has 0 aromatic carbocycles. The van der Waals surface area contributed by atoms with Crippen LogP contribution in [0, 0.1) is 0 Å². The number of aliphatic carboxylic acids is 1. The fourth-order valence-electron chi connectivity index (χ4n) is 0.314. The number of hydrogen-bond acceptors (Lipinski definition) is 3. The molecule has 0 aliphatic rings. The lowest BCUT2D eigenvalue weighted by atomic mass is 10.5. The minimum absolute atomic E-state index is 0.703. The molecular weight excluding hydrogens is 148 g/mol. The van der Waals surface area contributed by atoms with E-state index in [-0.39, 0.29) is 0 Å². The van der Waals surface area contributed by atoms with E-state index in [0.717, 1.165) is 6.08 Å². The smallest absolute Gasteiger partial charge is 0.335 e. The van der Waals surface area contributed by atoms with Gasteiger partial charge in [-0.25, -0.2) is 9.59 Å². The molecule has 1 N–H and O–H groups in total. The fourth-order valence-corrected chi connectivity index (χ4v) is 0.314. The summed E-state index contributed by atoms with van der Waals surface area (Å²) in [5, 5.41) is 8.08. The van der Waals surface area contributed by atoms with E-state index in [1.807, 2.05) is 0 Å². The van der Waals surface area contributed by atoms with Crippen LogP contribution in [0.4, 0.5) is 0 Å². The Morgan fingerprint density at radius 2 is 2.00 bits per heavy atom. The molecule has 0 fully saturated rings. The van der Waals surface area contributed by atoms with Crippen LogP contribution in [0.1, 0.15) is 6.92 Å². The summed E-state index contributed by atoms with van der Waals surface area (Å²) in [4.78, 5) is 20.3. The molecule has 0 amide bonds. The molecule has 0 rings (SSSR count). The summed E-state index contributed by atoms with van der Waals surface area (Å²) >= 11 is 0. The maximum Gasteiger partial charge on any atom is 0.335 e. The van der Waals surface area contributed by atoms with Gasteiger partial charge in [-0.2, -0.15) is 0 Å². The van der Waals surface area contributed by atoms with Gasteiger partial charge in [0.1, 0.15) is 0 Å². The molecule has 0 atom stereocenters. The van der Waals surface area contributed by atoms with Gasteiger partial charge in [-0.15, -0.1) is 0 Å². The minimum atomic E-state index is -1.18. The van der Waals surface area contributed by atoms with Gasteiger partial charge in [0.15, 0.2) is 0 Å². The molecule has 4 nitrogen and oxygen atoms in total. The molecule has 0 saturated heterocycles. The Labute approximate surface area is 63.8 Å². The monoisotopic (exact) mass is 156 g/mol. The number of rotatable bonds is 3. The van der Waals surface area contributed by atoms with Gasteiger partial charge in [0.2, 0.25) is 0 Å². The predicted molar refractivity (Wildman–Crippen MR) is 37.7 cm³/mol. The highest BCUT2D eigenvalue weighted by atomic mass is 16.5. The number of carboxylic acid groups (broad SMARTS) is 1. The van der Waals surface area contributed by atoms with Crippen LogP contribution in [0.25, 0.3) is 0 Å². The Bertz CT molecular complexity index is 202. The third-order valence-corrected chi connectivity index (χ3v) is 0.682. The average molecular weight is 156 g/mol. The maximum absolute atomic E-state index is 10.5. The summed E-state index contributed by atoms with van der Waals surface area (Å²) in [5.41, 5.74) is 0. The number of carboxylic acids is 1. The predicted octanol–water partition coefficient (Wildman–Crippen LogP) is 0.704. The van der Waals surface area contributed by atoms with E-state index >= 15 is 0 Å². The van der Waals surface area contributed by atoms with Crippen LogP contribution in [0.3, 0.4) is 0 Å². The summed E-state index contributed by atoms with van der Waals surface area (Å²) in [6.07, 6.45) is 4.25. The highest BCUT2D eigenvalue weighted by Crippen LogP contribution is 1.82. The van der Waals surface area contributed by atoms with Crippen molar-refractivity contribution in [1.82, 2.24) is 0 Å². The molecule has 0 unspecified atom stereocenters. The summed E-state index contributed by atoms with van der Waals surface area (Å²) in [5.74, 6) is -1.88. The molecule has 0 aliphatic carbocycles. The number of hydrogen-bond donors (Lipinski definition) is 1. The van der Waals surface area contributed by atoms with Crippen LogP contribution in [0.2, 0.25) is 0 Å². The lowest BCUT2D eigenvalue weighted by Crippen LogP contribution is -1.96. The van der Waals surface area contributed by atoms with Crippen molar-refractivity contribution in [3.63, 3.8) is 0 Å². The summed E-state index contributed by atoms with van der Waals surface area (Å²) in [6, 6.07) is 0. The molecule has 60 valence electrons. The minimum Gasteiger partial charge on any atom is -0.478 e. The van der Waals surface area contributed by atoms with E-state index in [0.29, 0.717) is 6.08 Å². The van der Waals surface area contributed by atoms with E-state index in [2.05, 4.69) is 4.74 Å². The van der Waals surface area contributed by atoms with Crippen molar-refractivity contribution >= 4 is 11.9 Å². The third kappa shape index (κ3) is 6.30. The van der Waals surface area contributed by atoms with Crippen LogP contribution < -0.4 is 0 Å². The van der Waals surface area contributed by atoms with E-state index in [4.69, 9.17) is 5.11 Å². The second-order valence-electron chi connectivity index (χ2n) is 1.58. The molecule has 0 radical (unpaired) electrons. The Morgan fingerprint density at radius 1 is 1.36 bits per heavy atom. The van der Waals surface area contributed by atoms with Crippen molar-refractivity contribution in [3.8, 4) is 0 Å². The normalized spacial score (nSPS) is 10.6. The molecule has 0 aromatic rings. The largest absolute Gasteiger partial charge is 0.478 e. The lowest BCUT2D eigenvalue weighted by Gasteiger charge is -1.88. The van der Waals surface area contributed by atoms with Crippen molar-refractivity contribution in [2.45, 2.75) is 6.92 Å². The molecule has 0 spiro atoms. The zero-order chi connectivity index (χ0) is 8.69. The van der Waals surface area contributed by atoms with Gasteiger partial charge < -0.3 is 9.84 Å². The summed E-state index contributed by atoms with van der Waals surface area (Å²) in [6.45, 7) is 1.67. The van der Waals surface area contributed by atoms with E-state index in [1.165, 1.54) is 12.3 Å². The lowest BCUT2D eigenvalue weighted by molar-refractivity contribution is -0.134. The number of allylic oxidation sites excluding steroid dienone is 1. The number of carbonyl (C=O) groups is 2. The quantitative estimate of drug-likeness (QED) is 0.371. The molecule has 0 aromatic heterocycles. The second-order valence-corrected chi connectivity index (χ2v) is 1.58. The molecule has 0 bridgehead atoms. The van der Waals surface area contributed by atoms with Crippen molar-refractivity contribution in [2.24, 2.45) is 0 Å². The average Bonchev–Trinajstić information content (AvgIpc) is 1.97. The van der Waals surface area contributed by atoms with Crippen molar-refractivity contribution in [1.29, 1.82) is 0 Å². The molecule has 0 saturated carbocycles. The Hall–Kier alpha value is -1.58. The van der Waals surface area contributed by atoms with Gasteiger partial charge in [0.25, 0.3) is 0 Å². The molecule has 4 heteroatoms. The second kappa shape index (κ2) is 5.22. The van der Waals surface area contributed by atoms with Gasteiger partial charge >= 0.3 is 11.9 Å². The van der Waals surface area contributed by atoms with Crippen LogP contribution in [0.15, 0.2) is 24.5 Å². The highest BCUT2D eigenvalue weighted by Gasteiger charge is 1.93. The van der Waals surface area contributed by atoms with Crippen LogP contribution >= 0.6 is 0 Å². The van der Waals surface area contributed by atoms with Crippen LogP contribution in [-0.2, 0) is 14.3 Å². The topological polar surface area (TPSA) is 63.6 Å². The number of esters is 1. The fraction of sp³-hybridized carbons (Fsp3) is 0.143. The van der Waals surface area contributed by atoms with Gasteiger partial charge in [-0.05, 0) is 6.92 Å². The van der Waals surface area contributed by atoms with Crippen LogP contribution in [0.5, 0.6) is 0 Å². The maximum atomic E-state index is 10.5. The van der Waals surface area contributed by atoms with E-state index < -0.39 is 11.9 Å². The van der Waals surface area contributed by atoms with Gasteiger partial charge in [-0.1, -0.05) is 6.08 Å². The highest BCUT2D eigenvalue weighted by molar-refractivity contribution is 5.90. The van der Waals surface area contributed by atoms with Crippen molar-refractivity contribution < 1.29 is 19.4 Å². The van der Waals surface area contributed by atoms with E-state index in [9.17, 15) is 9.59 Å². The molecule has 0 aliphatic heterocycles. The summed E-state index contributed by atoms with van der Waals surface area (Å²) < 4.78 is 4.37. The first-order valence-corrected chi connectivity index (χ1v) is 2.89. The van der Waals surface area contributed by atoms with Crippen molar-refractivity contribution in [2.75, 3.05) is 0 Å². The first-order valence-electron chi connectivity index (χ1n) is 2.89. The summed E-state index contributed by atoms with van der Waals surface area (Å²) in [7, 11) is 0. The molecular formula is C7H8O4. The molecule has 0 heterocycles. The van der Waals surface area contributed by atoms with Gasteiger partial charge in [-0.3, -0.25) is 0 Å². The SMILES string of the molecule is CC=COC(=O)C=CC(=O)O. The Balaban J connectivity index is 3.78. The number of ether oxygens (including phenoxy) is 1. The Morgan fingerprint density at radius 3 is 2.45 bits per heavy atom. The van der Waals surface area contributed by atoms with Gasteiger partial charge in [0, 0.05) is 12.2 Å². The third-order valence-electron chi connectivity index (χ3n) is 0.682. The van der Waals surface area contributed by atoms with Crippen molar-refractivity contribution in [3.05, 3.63) is 24.5 Å². The standard InChI is InChI=1S/C7H8O4/c1-2-5-11-7(10)4-3-6(8)9/h2-5H,1H3,(H,8,9). The Kier molecular flexibility index (Phi) is 4.47. The first-order chi connectivity index (χ1) is 5.16. The van der Waals surface area contributed by atoms with E-state index in [1.54, 1.807) is 6.92 Å². The zero-order valence-corrected chi connectivity index (χ0v) is 5.98. The van der Waals surface area contributed by atoms with Crippen LogP contribution in [-0.4, -0.2) is 17.0 Å². The zero-order valence-electron chi connectivity index (χ0n) is 5.98. The first kappa shape index (κ1) is 9.42. The number of carbonyl (C=O) groups excluding carboxylic acids is 1.